The summed E-state index contributed by atoms with van der Waals surface area (Å²) in [5.41, 5.74) is 5.66. The summed E-state index contributed by atoms with van der Waals surface area (Å²) >= 11 is 3.47. The lowest BCUT2D eigenvalue weighted by atomic mass is 9.80. The molecule has 2 unspecified atom stereocenters. The molecule has 0 aromatic heterocycles. The van der Waals surface area contributed by atoms with Crippen LogP contribution in [0.4, 0.5) is 4.39 Å². The number of halogens is 2. The van der Waals surface area contributed by atoms with Crippen LogP contribution < -0.4 is 10.5 Å². The molecular weight excluding hydrogens is 297 g/mol. The van der Waals surface area contributed by atoms with Crippen LogP contribution in [-0.4, -0.2) is 18.8 Å². The van der Waals surface area contributed by atoms with Crippen LogP contribution >= 0.6 is 15.9 Å². The lowest BCUT2D eigenvalue weighted by molar-refractivity contribution is 0.0963. The maximum Gasteiger partial charge on any atom is 0.119 e. The van der Waals surface area contributed by atoms with Crippen molar-refractivity contribution < 1.29 is 9.13 Å². The van der Waals surface area contributed by atoms with Crippen LogP contribution in [0.25, 0.3) is 0 Å². The topological polar surface area (TPSA) is 35.2 Å². The average molecular weight is 316 g/mol. The first kappa shape index (κ1) is 13.8. The maximum absolute atomic E-state index is 14.8. The van der Waals surface area contributed by atoms with Crippen molar-refractivity contribution in [1.29, 1.82) is 0 Å². The number of hydrogen-bond acceptors (Lipinski definition) is 2. The number of hydrogen-bond donors (Lipinski definition) is 1. The van der Waals surface area contributed by atoms with Crippen molar-refractivity contribution in [1.82, 2.24) is 0 Å². The molecule has 2 nitrogen and oxygen atoms in total. The van der Waals surface area contributed by atoms with Crippen LogP contribution in [0.3, 0.4) is 0 Å². The number of rotatable bonds is 3. The highest BCUT2D eigenvalue weighted by molar-refractivity contribution is 9.10. The zero-order valence-electron chi connectivity index (χ0n) is 10.6. The van der Waals surface area contributed by atoms with E-state index >= 15 is 0 Å². The summed E-state index contributed by atoms with van der Waals surface area (Å²) < 4.78 is 20.9. The van der Waals surface area contributed by atoms with E-state index in [0.29, 0.717) is 19.3 Å². The van der Waals surface area contributed by atoms with Crippen molar-refractivity contribution in [3.05, 3.63) is 28.2 Å². The highest BCUT2D eigenvalue weighted by atomic mass is 79.9. The van der Waals surface area contributed by atoms with E-state index in [2.05, 4.69) is 15.9 Å². The lowest BCUT2D eigenvalue weighted by Gasteiger charge is -2.33. The molecule has 0 heterocycles. The normalized spacial score (nSPS) is 28.1. The molecule has 2 rings (SSSR count). The zero-order valence-corrected chi connectivity index (χ0v) is 12.2. The predicted octanol–water partition coefficient (Wildman–Crippen LogP) is 3.61. The number of benzene rings is 1. The van der Waals surface area contributed by atoms with Crippen molar-refractivity contribution in [3.8, 4) is 5.75 Å². The molecule has 4 heteroatoms. The van der Waals surface area contributed by atoms with Gasteiger partial charge in [-0.25, -0.2) is 4.39 Å². The summed E-state index contributed by atoms with van der Waals surface area (Å²) in [7, 11) is 1.62. The molecule has 1 aromatic carbocycles. The monoisotopic (exact) mass is 315 g/mol. The Morgan fingerprint density at radius 3 is 3.00 bits per heavy atom. The van der Waals surface area contributed by atoms with Crippen LogP contribution in [0, 0.1) is 0 Å². The molecule has 100 valence electrons. The molecule has 1 aliphatic carbocycles. The van der Waals surface area contributed by atoms with Crippen LogP contribution in [0.5, 0.6) is 5.75 Å². The van der Waals surface area contributed by atoms with Crippen molar-refractivity contribution in [2.24, 2.45) is 5.73 Å². The fraction of sp³-hybridized carbons (Fsp3) is 0.571. The standard InChI is InChI=1S/C14H19BrFNO/c1-18-12-4-5-13(15)10(7-12)8-14(16)6-2-3-11(17)9-14/h4-5,7,11H,2-3,6,8-9,17H2,1H3. The first-order chi connectivity index (χ1) is 8.52. The second kappa shape index (κ2) is 5.57. The quantitative estimate of drug-likeness (QED) is 0.924. The molecule has 0 amide bonds. The van der Waals surface area contributed by atoms with E-state index < -0.39 is 5.67 Å². The summed E-state index contributed by atoms with van der Waals surface area (Å²) in [6.45, 7) is 0. The van der Waals surface area contributed by atoms with Crippen molar-refractivity contribution >= 4 is 15.9 Å². The molecule has 0 saturated heterocycles. The van der Waals surface area contributed by atoms with Gasteiger partial charge in [0.15, 0.2) is 0 Å². The second-order valence-corrected chi connectivity index (χ2v) is 6.00. The van der Waals surface area contributed by atoms with E-state index in [-0.39, 0.29) is 6.04 Å². The highest BCUT2D eigenvalue weighted by Crippen LogP contribution is 2.36. The summed E-state index contributed by atoms with van der Waals surface area (Å²) in [5, 5.41) is 0. The molecule has 0 bridgehead atoms. The molecule has 18 heavy (non-hydrogen) atoms. The van der Waals surface area contributed by atoms with Gasteiger partial charge >= 0.3 is 0 Å². The van der Waals surface area contributed by atoms with Gasteiger partial charge in [0.05, 0.1) is 7.11 Å². The number of nitrogens with two attached hydrogens (primary N) is 1. The molecule has 2 N–H and O–H groups in total. The van der Waals surface area contributed by atoms with Crippen molar-refractivity contribution in [2.75, 3.05) is 7.11 Å². The largest absolute Gasteiger partial charge is 0.497 e. The average Bonchev–Trinajstić information content (AvgIpc) is 2.31. The van der Waals surface area contributed by atoms with Crippen LogP contribution in [0.1, 0.15) is 31.2 Å². The van der Waals surface area contributed by atoms with Gasteiger partial charge in [0.1, 0.15) is 11.4 Å². The van der Waals surface area contributed by atoms with Crippen LogP contribution in [0.2, 0.25) is 0 Å². The highest BCUT2D eigenvalue weighted by Gasteiger charge is 2.35. The van der Waals surface area contributed by atoms with E-state index in [0.717, 1.165) is 28.6 Å². The summed E-state index contributed by atoms with van der Waals surface area (Å²) in [6, 6.07) is 5.66. The van der Waals surface area contributed by atoms with Gasteiger partial charge in [0.25, 0.3) is 0 Å². The fourth-order valence-electron chi connectivity index (χ4n) is 2.67. The Morgan fingerprint density at radius 2 is 2.33 bits per heavy atom. The Balaban J connectivity index is 2.17. The van der Waals surface area contributed by atoms with Gasteiger partial charge in [-0.1, -0.05) is 15.9 Å². The molecule has 1 aliphatic rings. The van der Waals surface area contributed by atoms with Gasteiger partial charge in [-0.2, -0.15) is 0 Å². The molecule has 1 fully saturated rings. The minimum Gasteiger partial charge on any atom is -0.497 e. The molecule has 0 radical (unpaired) electrons. The van der Waals surface area contributed by atoms with Crippen molar-refractivity contribution in [2.45, 2.75) is 43.8 Å². The van der Waals surface area contributed by atoms with E-state index in [1.165, 1.54) is 0 Å². The predicted molar refractivity (Wildman–Crippen MR) is 74.7 cm³/mol. The molecule has 1 aromatic rings. The fourth-order valence-corrected chi connectivity index (χ4v) is 3.06. The number of methoxy groups -OCH3 is 1. The van der Waals surface area contributed by atoms with Crippen LogP contribution in [-0.2, 0) is 6.42 Å². The van der Waals surface area contributed by atoms with Gasteiger partial charge < -0.3 is 10.5 Å². The smallest absolute Gasteiger partial charge is 0.119 e. The Kier molecular flexibility index (Phi) is 4.28. The first-order valence-electron chi connectivity index (χ1n) is 6.29. The summed E-state index contributed by atoms with van der Waals surface area (Å²) in [5.74, 6) is 0.761. The third-order valence-electron chi connectivity index (χ3n) is 3.59. The van der Waals surface area contributed by atoms with E-state index in [1.54, 1.807) is 7.11 Å². The van der Waals surface area contributed by atoms with Gasteiger partial charge in [0.2, 0.25) is 0 Å². The SMILES string of the molecule is COc1ccc(Br)c(CC2(F)CCCC(N)C2)c1. The minimum atomic E-state index is -1.17. The summed E-state index contributed by atoms with van der Waals surface area (Å²) in [6.07, 6.45) is 3.27. The molecule has 1 saturated carbocycles. The molecule has 0 aliphatic heterocycles. The maximum atomic E-state index is 14.8. The zero-order chi connectivity index (χ0) is 13.2. The van der Waals surface area contributed by atoms with Gasteiger partial charge in [-0.15, -0.1) is 0 Å². The molecule has 2 atom stereocenters. The third-order valence-corrected chi connectivity index (χ3v) is 4.36. The number of ether oxygens (including phenoxy) is 1. The number of alkyl halides is 1. The second-order valence-electron chi connectivity index (χ2n) is 5.14. The Morgan fingerprint density at radius 1 is 1.56 bits per heavy atom. The Labute approximate surface area is 116 Å². The van der Waals surface area contributed by atoms with Crippen molar-refractivity contribution in [3.63, 3.8) is 0 Å². The Hall–Kier alpha value is -0.610. The Bertz CT molecular complexity index is 426. The van der Waals surface area contributed by atoms with Crippen LogP contribution in [0.15, 0.2) is 22.7 Å². The van der Waals surface area contributed by atoms with E-state index in [9.17, 15) is 4.39 Å². The van der Waals surface area contributed by atoms with Gasteiger partial charge in [0, 0.05) is 16.9 Å². The first-order valence-corrected chi connectivity index (χ1v) is 7.09. The van der Waals surface area contributed by atoms with Gasteiger partial charge in [-0.05, 0) is 49.4 Å². The van der Waals surface area contributed by atoms with Gasteiger partial charge in [-0.3, -0.25) is 0 Å². The minimum absolute atomic E-state index is 0.00636. The molecular formula is C14H19BrFNO. The van der Waals surface area contributed by atoms with E-state index in [1.807, 2.05) is 18.2 Å². The third kappa shape index (κ3) is 3.23. The lowest BCUT2D eigenvalue weighted by Crippen LogP contribution is -2.39. The summed E-state index contributed by atoms with van der Waals surface area (Å²) in [4.78, 5) is 0. The molecule has 0 spiro atoms. The van der Waals surface area contributed by atoms with E-state index in [4.69, 9.17) is 10.5 Å².